The molecule has 3 heteroatoms. The topological polar surface area (TPSA) is 59.1 Å². The summed E-state index contributed by atoms with van der Waals surface area (Å²) in [6, 6.07) is 1.83. The van der Waals surface area contributed by atoms with Crippen molar-refractivity contribution in [3.8, 4) is 0 Å². The molecule has 0 aromatic carbocycles. The lowest BCUT2D eigenvalue weighted by atomic mass is 10.0. The number of nitrogens with zero attached hydrogens (tertiary/aromatic N) is 1. The third-order valence-electron chi connectivity index (χ3n) is 1.86. The summed E-state index contributed by atoms with van der Waals surface area (Å²) in [5, 5.41) is 9.59. The second kappa shape index (κ2) is 4.18. The lowest BCUT2D eigenvalue weighted by Gasteiger charge is -2.11. The second-order valence-electron chi connectivity index (χ2n) is 2.83. The van der Waals surface area contributed by atoms with E-state index < -0.39 is 6.10 Å². The zero-order valence-corrected chi connectivity index (χ0v) is 7.20. The summed E-state index contributed by atoms with van der Waals surface area (Å²) >= 11 is 0. The minimum absolute atomic E-state index is 0.446. The SMILES string of the molecule is Cc1cnccc1[C@@H](O)CCN. The van der Waals surface area contributed by atoms with Gasteiger partial charge in [-0.05, 0) is 37.1 Å². The van der Waals surface area contributed by atoms with Gasteiger partial charge in [0.05, 0.1) is 6.10 Å². The molecule has 0 amide bonds. The molecule has 3 nitrogen and oxygen atoms in total. The number of aromatic nitrogens is 1. The molecular weight excluding hydrogens is 152 g/mol. The maximum Gasteiger partial charge on any atom is 0.0805 e. The Hall–Kier alpha value is -0.930. The Balaban J connectivity index is 2.79. The molecule has 0 bridgehead atoms. The van der Waals surface area contributed by atoms with Crippen LogP contribution in [-0.2, 0) is 0 Å². The van der Waals surface area contributed by atoms with Crippen LogP contribution in [0.2, 0.25) is 0 Å². The van der Waals surface area contributed by atoms with Crippen molar-refractivity contribution >= 4 is 0 Å². The van der Waals surface area contributed by atoms with Crippen molar-refractivity contribution in [2.45, 2.75) is 19.4 Å². The standard InChI is InChI=1S/C9H14N2O/c1-7-6-11-5-3-8(7)9(12)2-4-10/h3,5-6,9,12H,2,4,10H2,1H3/t9-/m0/s1. The van der Waals surface area contributed by atoms with Crippen LogP contribution in [0.4, 0.5) is 0 Å². The van der Waals surface area contributed by atoms with Crippen molar-refractivity contribution in [1.82, 2.24) is 4.98 Å². The molecule has 0 fully saturated rings. The van der Waals surface area contributed by atoms with Crippen LogP contribution in [0.15, 0.2) is 18.5 Å². The molecule has 1 atom stereocenters. The quantitative estimate of drug-likeness (QED) is 0.697. The number of pyridine rings is 1. The third-order valence-corrected chi connectivity index (χ3v) is 1.86. The smallest absolute Gasteiger partial charge is 0.0805 e. The molecule has 1 rings (SSSR count). The molecule has 0 spiro atoms. The predicted octanol–water partition coefficient (Wildman–Crippen LogP) is 0.772. The van der Waals surface area contributed by atoms with Crippen LogP contribution in [0.1, 0.15) is 23.7 Å². The van der Waals surface area contributed by atoms with Crippen LogP contribution in [0.5, 0.6) is 0 Å². The highest BCUT2D eigenvalue weighted by atomic mass is 16.3. The summed E-state index contributed by atoms with van der Waals surface area (Å²) in [6.45, 7) is 2.44. The van der Waals surface area contributed by atoms with E-state index in [2.05, 4.69) is 4.98 Å². The number of aliphatic hydroxyl groups is 1. The molecule has 12 heavy (non-hydrogen) atoms. The highest BCUT2D eigenvalue weighted by Crippen LogP contribution is 2.18. The molecule has 1 aromatic heterocycles. The Kier molecular flexibility index (Phi) is 3.19. The zero-order chi connectivity index (χ0) is 8.97. The minimum atomic E-state index is -0.446. The Labute approximate surface area is 72.2 Å². The van der Waals surface area contributed by atoms with E-state index in [1.54, 1.807) is 12.4 Å². The monoisotopic (exact) mass is 166 g/mol. The van der Waals surface area contributed by atoms with Gasteiger partial charge in [-0.1, -0.05) is 0 Å². The first-order chi connectivity index (χ1) is 5.75. The molecule has 0 saturated heterocycles. The molecule has 3 N–H and O–H groups in total. The summed E-state index contributed by atoms with van der Waals surface area (Å²) in [4.78, 5) is 3.95. The molecule has 1 aromatic rings. The van der Waals surface area contributed by atoms with Gasteiger partial charge in [0.25, 0.3) is 0 Å². The highest BCUT2D eigenvalue weighted by molar-refractivity contribution is 5.23. The van der Waals surface area contributed by atoms with Gasteiger partial charge in [-0.2, -0.15) is 0 Å². The fourth-order valence-electron chi connectivity index (χ4n) is 1.17. The van der Waals surface area contributed by atoms with E-state index in [-0.39, 0.29) is 0 Å². The van der Waals surface area contributed by atoms with Crippen molar-refractivity contribution < 1.29 is 5.11 Å². The number of hydrogen-bond acceptors (Lipinski definition) is 3. The van der Waals surface area contributed by atoms with Gasteiger partial charge in [-0.25, -0.2) is 0 Å². The van der Waals surface area contributed by atoms with Gasteiger partial charge < -0.3 is 10.8 Å². The van der Waals surface area contributed by atoms with E-state index in [0.717, 1.165) is 11.1 Å². The Morgan fingerprint density at radius 3 is 3.00 bits per heavy atom. The average molecular weight is 166 g/mol. The maximum atomic E-state index is 9.59. The minimum Gasteiger partial charge on any atom is -0.388 e. The summed E-state index contributed by atoms with van der Waals surface area (Å²) in [5.41, 5.74) is 7.28. The van der Waals surface area contributed by atoms with Gasteiger partial charge in [-0.15, -0.1) is 0 Å². The first-order valence-electron chi connectivity index (χ1n) is 4.04. The van der Waals surface area contributed by atoms with E-state index in [0.29, 0.717) is 13.0 Å². The zero-order valence-electron chi connectivity index (χ0n) is 7.20. The van der Waals surface area contributed by atoms with E-state index in [1.807, 2.05) is 13.0 Å². The molecule has 0 aliphatic rings. The number of rotatable bonds is 3. The van der Waals surface area contributed by atoms with Gasteiger partial charge in [0.15, 0.2) is 0 Å². The summed E-state index contributed by atoms with van der Waals surface area (Å²) in [6.07, 6.45) is 3.58. The van der Waals surface area contributed by atoms with Gasteiger partial charge in [-0.3, -0.25) is 4.98 Å². The first kappa shape index (κ1) is 9.16. The largest absolute Gasteiger partial charge is 0.388 e. The third kappa shape index (κ3) is 2.03. The van der Waals surface area contributed by atoms with Crippen LogP contribution in [0.25, 0.3) is 0 Å². The van der Waals surface area contributed by atoms with Crippen LogP contribution in [-0.4, -0.2) is 16.6 Å². The normalized spacial score (nSPS) is 12.9. The maximum absolute atomic E-state index is 9.59. The van der Waals surface area contributed by atoms with Gasteiger partial charge >= 0.3 is 0 Å². The van der Waals surface area contributed by atoms with Crippen LogP contribution in [0, 0.1) is 6.92 Å². The molecule has 1 heterocycles. The van der Waals surface area contributed by atoms with Crippen molar-refractivity contribution in [2.24, 2.45) is 5.73 Å². The van der Waals surface area contributed by atoms with Gasteiger partial charge in [0, 0.05) is 12.4 Å². The number of nitrogens with two attached hydrogens (primary N) is 1. The van der Waals surface area contributed by atoms with Crippen LogP contribution < -0.4 is 5.73 Å². The first-order valence-corrected chi connectivity index (χ1v) is 4.04. The number of aryl methyl sites for hydroxylation is 1. The summed E-state index contributed by atoms with van der Waals surface area (Å²) < 4.78 is 0. The fraction of sp³-hybridized carbons (Fsp3) is 0.444. The lowest BCUT2D eigenvalue weighted by molar-refractivity contribution is 0.169. The summed E-state index contributed by atoms with van der Waals surface area (Å²) in [5.74, 6) is 0. The molecule has 0 saturated carbocycles. The Bertz CT molecular complexity index is 250. The van der Waals surface area contributed by atoms with E-state index in [9.17, 15) is 5.11 Å². The van der Waals surface area contributed by atoms with E-state index in [1.165, 1.54) is 0 Å². The van der Waals surface area contributed by atoms with E-state index in [4.69, 9.17) is 5.73 Å². The number of aliphatic hydroxyl groups excluding tert-OH is 1. The van der Waals surface area contributed by atoms with Gasteiger partial charge in [0.2, 0.25) is 0 Å². The van der Waals surface area contributed by atoms with Crippen molar-refractivity contribution in [2.75, 3.05) is 6.54 Å². The second-order valence-corrected chi connectivity index (χ2v) is 2.83. The van der Waals surface area contributed by atoms with Crippen molar-refractivity contribution in [3.05, 3.63) is 29.6 Å². The number of hydrogen-bond donors (Lipinski definition) is 2. The predicted molar refractivity (Wildman–Crippen MR) is 47.6 cm³/mol. The van der Waals surface area contributed by atoms with Crippen molar-refractivity contribution in [3.63, 3.8) is 0 Å². The molecule has 0 unspecified atom stereocenters. The lowest BCUT2D eigenvalue weighted by Crippen LogP contribution is -2.07. The molecule has 0 radical (unpaired) electrons. The van der Waals surface area contributed by atoms with Crippen molar-refractivity contribution in [1.29, 1.82) is 0 Å². The van der Waals surface area contributed by atoms with Gasteiger partial charge in [0.1, 0.15) is 0 Å². The summed E-state index contributed by atoms with van der Waals surface area (Å²) in [7, 11) is 0. The van der Waals surface area contributed by atoms with E-state index >= 15 is 0 Å². The fourth-order valence-corrected chi connectivity index (χ4v) is 1.17. The van der Waals surface area contributed by atoms with Crippen LogP contribution >= 0.6 is 0 Å². The highest BCUT2D eigenvalue weighted by Gasteiger charge is 2.07. The molecule has 0 aliphatic heterocycles. The Morgan fingerprint density at radius 2 is 2.42 bits per heavy atom. The molecule has 0 aliphatic carbocycles. The Morgan fingerprint density at radius 1 is 1.67 bits per heavy atom. The van der Waals surface area contributed by atoms with Crippen LogP contribution in [0.3, 0.4) is 0 Å². The average Bonchev–Trinajstić information content (AvgIpc) is 2.05. The molecule has 66 valence electrons. The molecular formula is C9H14N2O.